The third-order valence-corrected chi connectivity index (χ3v) is 5.92. The Morgan fingerprint density at radius 2 is 1.92 bits per heavy atom. The number of unbranched alkanes of at least 4 members (excludes halogenated alkanes) is 1. The Labute approximate surface area is 159 Å². The van der Waals surface area contributed by atoms with E-state index in [1.54, 1.807) is 11.3 Å². The normalized spacial score (nSPS) is 15.9. The van der Waals surface area contributed by atoms with E-state index < -0.39 is 0 Å². The lowest BCUT2D eigenvalue weighted by atomic mass is 10.1. The molecule has 1 aliphatic heterocycles. The molecule has 1 saturated heterocycles. The van der Waals surface area contributed by atoms with Crippen molar-refractivity contribution < 1.29 is 9.18 Å². The molecule has 1 aliphatic rings. The van der Waals surface area contributed by atoms with E-state index in [0.29, 0.717) is 13.0 Å². The number of carbonyl (C=O) groups is 1. The predicted octanol–water partition coefficient (Wildman–Crippen LogP) is 4.55. The van der Waals surface area contributed by atoms with Gasteiger partial charge in [0.2, 0.25) is 5.91 Å². The Balaban J connectivity index is 1.45. The number of amides is 1. The number of hydrogen-bond donors (Lipinski definition) is 1. The molecular weight excluding hydrogens is 347 g/mol. The van der Waals surface area contributed by atoms with E-state index in [4.69, 9.17) is 0 Å². The van der Waals surface area contributed by atoms with Gasteiger partial charge in [-0.1, -0.05) is 18.2 Å². The van der Waals surface area contributed by atoms with Crippen LogP contribution in [0.1, 0.15) is 48.6 Å². The van der Waals surface area contributed by atoms with Crippen LogP contribution in [0.2, 0.25) is 0 Å². The Morgan fingerprint density at radius 3 is 2.62 bits per heavy atom. The predicted molar refractivity (Wildman–Crippen MR) is 105 cm³/mol. The summed E-state index contributed by atoms with van der Waals surface area (Å²) < 4.78 is 13.2. The largest absolute Gasteiger partial charge is 0.354 e. The zero-order valence-corrected chi connectivity index (χ0v) is 15.9. The van der Waals surface area contributed by atoms with Crippen molar-refractivity contribution in [1.82, 2.24) is 10.2 Å². The molecule has 0 spiro atoms. The fourth-order valence-electron chi connectivity index (χ4n) is 3.53. The minimum Gasteiger partial charge on any atom is -0.354 e. The number of rotatable bonds is 9. The first-order chi connectivity index (χ1) is 12.7. The first-order valence-corrected chi connectivity index (χ1v) is 10.4. The highest BCUT2D eigenvalue weighted by Crippen LogP contribution is 2.25. The smallest absolute Gasteiger partial charge is 0.220 e. The van der Waals surface area contributed by atoms with Crippen LogP contribution in [0.25, 0.3) is 0 Å². The summed E-state index contributed by atoms with van der Waals surface area (Å²) in [7, 11) is 0. The van der Waals surface area contributed by atoms with Gasteiger partial charge < -0.3 is 5.32 Å². The molecule has 2 aromatic rings. The Hall–Kier alpha value is -1.72. The number of carbonyl (C=O) groups excluding carboxylic acids is 1. The molecule has 26 heavy (non-hydrogen) atoms. The summed E-state index contributed by atoms with van der Waals surface area (Å²) in [6.07, 6.45) is 5.96. The molecule has 5 heteroatoms. The van der Waals surface area contributed by atoms with Gasteiger partial charge in [-0.25, -0.2) is 4.39 Å². The van der Waals surface area contributed by atoms with E-state index in [1.165, 1.54) is 29.9 Å². The van der Waals surface area contributed by atoms with Crippen LogP contribution in [0, 0.1) is 5.82 Å². The molecule has 1 N–H and O–H groups in total. The van der Waals surface area contributed by atoms with Gasteiger partial charge in [-0.3, -0.25) is 9.69 Å². The van der Waals surface area contributed by atoms with Crippen molar-refractivity contribution in [1.29, 1.82) is 0 Å². The summed E-state index contributed by atoms with van der Waals surface area (Å²) >= 11 is 1.78. The van der Waals surface area contributed by atoms with Gasteiger partial charge in [0.05, 0.1) is 6.04 Å². The van der Waals surface area contributed by atoms with Gasteiger partial charge >= 0.3 is 0 Å². The standard InChI is InChI=1S/C21H27FN2OS/c22-18-11-9-17(10-12-18)20(24-13-3-4-14-24)16-23-21(25)8-2-1-6-19-7-5-15-26-19/h5,7,9-12,15,20H,1-4,6,8,13-14,16H2,(H,23,25). The van der Waals surface area contributed by atoms with E-state index in [1.807, 2.05) is 12.1 Å². The lowest BCUT2D eigenvalue weighted by Crippen LogP contribution is -2.36. The van der Waals surface area contributed by atoms with E-state index >= 15 is 0 Å². The molecule has 2 heterocycles. The maximum atomic E-state index is 13.2. The van der Waals surface area contributed by atoms with Crippen molar-refractivity contribution in [3.8, 4) is 0 Å². The number of nitrogens with zero attached hydrogens (tertiary/aromatic N) is 1. The fraction of sp³-hybridized carbons (Fsp3) is 0.476. The summed E-state index contributed by atoms with van der Waals surface area (Å²) in [5, 5.41) is 5.19. The maximum Gasteiger partial charge on any atom is 0.220 e. The summed E-state index contributed by atoms with van der Waals surface area (Å²) in [5.41, 5.74) is 1.08. The van der Waals surface area contributed by atoms with Crippen LogP contribution >= 0.6 is 11.3 Å². The van der Waals surface area contributed by atoms with E-state index in [2.05, 4.69) is 27.7 Å². The second-order valence-corrected chi connectivity index (χ2v) is 7.93. The molecule has 1 amide bonds. The number of halogens is 1. The van der Waals surface area contributed by atoms with E-state index in [9.17, 15) is 9.18 Å². The topological polar surface area (TPSA) is 32.3 Å². The summed E-state index contributed by atoms with van der Waals surface area (Å²) in [6, 6.07) is 11.0. The molecule has 0 bridgehead atoms. The highest BCUT2D eigenvalue weighted by atomic mass is 32.1. The first kappa shape index (κ1) is 19.1. The van der Waals surface area contributed by atoms with Crippen molar-refractivity contribution in [2.45, 2.75) is 44.6 Å². The molecule has 1 aromatic carbocycles. The maximum absolute atomic E-state index is 13.2. The van der Waals surface area contributed by atoms with E-state index in [0.717, 1.165) is 37.9 Å². The summed E-state index contributed by atoms with van der Waals surface area (Å²) in [4.78, 5) is 16.0. The van der Waals surface area contributed by atoms with Gasteiger partial charge in [-0.05, 0) is 74.3 Å². The first-order valence-electron chi connectivity index (χ1n) is 9.51. The van der Waals surface area contributed by atoms with Crippen molar-refractivity contribution >= 4 is 17.2 Å². The average Bonchev–Trinajstić information content (AvgIpc) is 3.34. The van der Waals surface area contributed by atoms with Gasteiger partial charge in [-0.15, -0.1) is 11.3 Å². The number of aryl methyl sites for hydroxylation is 1. The lowest BCUT2D eigenvalue weighted by molar-refractivity contribution is -0.121. The highest BCUT2D eigenvalue weighted by Gasteiger charge is 2.23. The lowest BCUT2D eigenvalue weighted by Gasteiger charge is -2.28. The average molecular weight is 375 g/mol. The second kappa shape index (κ2) is 9.83. The minimum atomic E-state index is -0.219. The SMILES string of the molecule is O=C(CCCCc1cccs1)NCC(c1ccc(F)cc1)N1CCCC1. The molecule has 1 unspecified atom stereocenters. The second-order valence-electron chi connectivity index (χ2n) is 6.90. The minimum absolute atomic E-state index is 0.113. The number of likely N-dealkylation sites (tertiary alicyclic amines) is 1. The summed E-state index contributed by atoms with van der Waals surface area (Å²) in [6.45, 7) is 2.67. The van der Waals surface area contributed by atoms with Crippen molar-refractivity contribution in [2.75, 3.05) is 19.6 Å². The van der Waals surface area contributed by atoms with Gasteiger partial charge in [0, 0.05) is 17.8 Å². The van der Waals surface area contributed by atoms with Crippen LogP contribution in [-0.4, -0.2) is 30.4 Å². The number of nitrogens with one attached hydrogen (secondary N) is 1. The monoisotopic (exact) mass is 374 g/mol. The molecule has 0 saturated carbocycles. The van der Waals surface area contributed by atoms with Gasteiger partial charge in [0.15, 0.2) is 0 Å². The van der Waals surface area contributed by atoms with Crippen LogP contribution < -0.4 is 5.32 Å². The molecule has 1 fully saturated rings. The third kappa shape index (κ3) is 5.64. The Kier molecular flexibility index (Phi) is 7.21. The highest BCUT2D eigenvalue weighted by molar-refractivity contribution is 7.09. The van der Waals surface area contributed by atoms with Crippen LogP contribution in [-0.2, 0) is 11.2 Å². The van der Waals surface area contributed by atoms with Crippen molar-refractivity contribution in [3.63, 3.8) is 0 Å². The van der Waals surface area contributed by atoms with Gasteiger partial charge in [-0.2, -0.15) is 0 Å². The van der Waals surface area contributed by atoms with Gasteiger partial charge in [0.1, 0.15) is 5.82 Å². The van der Waals surface area contributed by atoms with Crippen LogP contribution in [0.5, 0.6) is 0 Å². The molecule has 1 aromatic heterocycles. The number of benzene rings is 1. The fourth-order valence-corrected chi connectivity index (χ4v) is 4.29. The van der Waals surface area contributed by atoms with Crippen molar-refractivity contribution in [2.24, 2.45) is 0 Å². The Bertz CT molecular complexity index is 666. The zero-order valence-electron chi connectivity index (χ0n) is 15.1. The zero-order chi connectivity index (χ0) is 18.2. The number of thiophene rings is 1. The van der Waals surface area contributed by atoms with Crippen LogP contribution in [0.3, 0.4) is 0 Å². The molecule has 0 radical (unpaired) electrons. The molecule has 1 atom stereocenters. The van der Waals surface area contributed by atoms with Crippen LogP contribution in [0.15, 0.2) is 41.8 Å². The molecule has 3 rings (SSSR count). The Morgan fingerprint density at radius 1 is 1.15 bits per heavy atom. The van der Waals surface area contributed by atoms with Gasteiger partial charge in [0.25, 0.3) is 0 Å². The van der Waals surface area contributed by atoms with Crippen molar-refractivity contribution in [3.05, 3.63) is 58.0 Å². The number of hydrogen-bond acceptors (Lipinski definition) is 3. The third-order valence-electron chi connectivity index (χ3n) is 4.99. The van der Waals surface area contributed by atoms with E-state index in [-0.39, 0.29) is 17.8 Å². The molecule has 140 valence electrons. The van der Waals surface area contributed by atoms with Crippen LogP contribution in [0.4, 0.5) is 4.39 Å². The summed E-state index contributed by atoms with van der Waals surface area (Å²) in [5.74, 6) is -0.105. The quantitative estimate of drug-likeness (QED) is 0.653. The molecular formula is C21H27FN2OS. The molecule has 3 nitrogen and oxygen atoms in total. The molecule has 0 aliphatic carbocycles.